The zero-order valence-electron chi connectivity index (χ0n) is 14.1. The smallest absolute Gasteiger partial charge is 0.338 e. The zero-order valence-corrected chi connectivity index (χ0v) is 14.1. The Morgan fingerprint density at radius 3 is 1.81 bits per heavy atom. The molecule has 3 aromatic rings. The van der Waals surface area contributed by atoms with Crippen LogP contribution < -0.4 is 4.74 Å². The zero-order chi connectivity index (χ0) is 18.2. The van der Waals surface area contributed by atoms with Crippen LogP contribution in [0.3, 0.4) is 0 Å². The molecule has 0 saturated heterocycles. The highest BCUT2D eigenvalue weighted by Gasteiger charge is 2.11. The summed E-state index contributed by atoms with van der Waals surface area (Å²) in [6.45, 7) is 0.429. The second kappa shape index (κ2) is 8.62. The number of ketones is 1. The van der Waals surface area contributed by atoms with Crippen LogP contribution in [0, 0.1) is 0 Å². The fourth-order valence-electron chi connectivity index (χ4n) is 2.41. The van der Waals surface area contributed by atoms with Gasteiger partial charge in [0.2, 0.25) is 0 Å². The van der Waals surface area contributed by atoms with Gasteiger partial charge in [0.1, 0.15) is 19.0 Å². The highest BCUT2D eigenvalue weighted by molar-refractivity contribution is 6.09. The summed E-state index contributed by atoms with van der Waals surface area (Å²) >= 11 is 0. The van der Waals surface area contributed by atoms with E-state index in [1.165, 1.54) is 0 Å². The molecule has 3 rings (SSSR count). The molecule has 4 heteroatoms. The molecule has 0 spiro atoms. The van der Waals surface area contributed by atoms with Crippen molar-refractivity contribution >= 4 is 11.8 Å². The first-order chi connectivity index (χ1) is 12.7. The molecule has 0 amide bonds. The van der Waals surface area contributed by atoms with E-state index in [1.54, 1.807) is 36.4 Å². The van der Waals surface area contributed by atoms with Gasteiger partial charge in [-0.2, -0.15) is 0 Å². The number of esters is 1. The van der Waals surface area contributed by atoms with E-state index in [0.29, 0.717) is 16.7 Å². The van der Waals surface area contributed by atoms with Gasteiger partial charge in [-0.3, -0.25) is 4.79 Å². The third-order valence-electron chi connectivity index (χ3n) is 3.75. The molecule has 0 saturated carbocycles. The average molecular weight is 346 g/mol. The van der Waals surface area contributed by atoms with Crippen LogP contribution in [-0.2, 0) is 4.74 Å². The fourth-order valence-corrected chi connectivity index (χ4v) is 2.41. The molecule has 0 radical (unpaired) electrons. The highest BCUT2D eigenvalue weighted by atomic mass is 16.6. The molecule has 0 aliphatic carbocycles. The number of benzene rings is 3. The first-order valence-corrected chi connectivity index (χ1v) is 8.29. The molecule has 130 valence electrons. The summed E-state index contributed by atoms with van der Waals surface area (Å²) in [5.74, 6) is 0.203. The maximum Gasteiger partial charge on any atom is 0.338 e. The van der Waals surface area contributed by atoms with Crippen molar-refractivity contribution in [3.05, 3.63) is 102 Å². The van der Waals surface area contributed by atoms with Gasteiger partial charge in [-0.1, -0.05) is 60.7 Å². The van der Waals surface area contributed by atoms with Gasteiger partial charge in [0.15, 0.2) is 5.78 Å². The van der Waals surface area contributed by atoms with E-state index in [9.17, 15) is 9.59 Å². The molecular formula is C22H18O4. The van der Waals surface area contributed by atoms with Crippen molar-refractivity contribution in [1.82, 2.24) is 0 Å². The van der Waals surface area contributed by atoms with E-state index < -0.39 is 5.97 Å². The maximum absolute atomic E-state index is 12.3. The van der Waals surface area contributed by atoms with Gasteiger partial charge in [0.05, 0.1) is 5.56 Å². The molecule has 26 heavy (non-hydrogen) atoms. The Morgan fingerprint density at radius 2 is 1.15 bits per heavy atom. The monoisotopic (exact) mass is 346 g/mol. The van der Waals surface area contributed by atoms with Crippen LogP contribution in [0.15, 0.2) is 84.9 Å². The first kappa shape index (κ1) is 17.4. The summed E-state index contributed by atoms with van der Waals surface area (Å²) in [5.41, 5.74) is 1.54. The highest BCUT2D eigenvalue weighted by Crippen LogP contribution is 2.12. The number of carbonyl (C=O) groups excluding carboxylic acids is 2. The maximum atomic E-state index is 12.3. The molecule has 0 aliphatic heterocycles. The lowest BCUT2D eigenvalue weighted by Gasteiger charge is -2.08. The molecule has 0 aromatic heterocycles. The minimum Gasteiger partial charge on any atom is -0.490 e. The van der Waals surface area contributed by atoms with E-state index in [1.807, 2.05) is 48.5 Å². The second-order valence-corrected chi connectivity index (χ2v) is 5.57. The Kier molecular flexibility index (Phi) is 5.78. The van der Waals surface area contributed by atoms with Crippen molar-refractivity contribution in [3.8, 4) is 5.75 Å². The van der Waals surface area contributed by atoms with Gasteiger partial charge < -0.3 is 9.47 Å². The molecule has 0 heterocycles. The van der Waals surface area contributed by atoms with Crippen molar-refractivity contribution < 1.29 is 19.1 Å². The Morgan fingerprint density at radius 1 is 0.615 bits per heavy atom. The number of hydrogen-bond acceptors (Lipinski definition) is 4. The van der Waals surface area contributed by atoms with Gasteiger partial charge in [-0.25, -0.2) is 4.79 Å². The summed E-state index contributed by atoms with van der Waals surface area (Å²) in [6, 6.07) is 24.8. The van der Waals surface area contributed by atoms with Crippen LogP contribution in [0.5, 0.6) is 5.75 Å². The molecular weight excluding hydrogens is 328 g/mol. The predicted octanol–water partition coefficient (Wildman–Crippen LogP) is 4.15. The van der Waals surface area contributed by atoms with Crippen molar-refractivity contribution in [2.45, 2.75) is 0 Å². The molecule has 0 aliphatic rings. The third kappa shape index (κ3) is 4.57. The van der Waals surface area contributed by atoms with Crippen molar-refractivity contribution in [2.24, 2.45) is 0 Å². The average Bonchev–Trinajstić information content (AvgIpc) is 2.72. The van der Waals surface area contributed by atoms with E-state index in [0.717, 1.165) is 5.75 Å². The lowest BCUT2D eigenvalue weighted by Crippen LogP contribution is -2.12. The van der Waals surface area contributed by atoms with E-state index in [-0.39, 0.29) is 19.0 Å². The first-order valence-electron chi connectivity index (χ1n) is 8.29. The standard InChI is InChI=1S/C22H18O4/c23-21(17-7-3-1-4-8-17)18-11-13-19(14-12-18)22(24)26-16-15-25-20-9-5-2-6-10-20/h1-14H,15-16H2. The molecule has 0 N–H and O–H groups in total. The lowest BCUT2D eigenvalue weighted by atomic mass is 10.0. The number of rotatable bonds is 7. The molecule has 0 fully saturated rings. The van der Waals surface area contributed by atoms with E-state index >= 15 is 0 Å². The van der Waals surface area contributed by atoms with Crippen LogP contribution in [0.25, 0.3) is 0 Å². The summed E-state index contributed by atoms with van der Waals surface area (Å²) in [5, 5.41) is 0. The summed E-state index contributed by atoms with van der Waals surface area (Å²) in [6.07, 6.45) is 0. The Balaban J connectivity index is 1.51. The third-order valence-corrected chi connectivity index (χ3v) is 3.75. The van der Waals surface area contributed by atoms with Crippen molar-refractivity contribution in [1.29, 1.82) is 0 Å². The predicted molar refractivity (Wildman–Crippen MR) is 98.5 cm³/mol. The summed E-state index contributed by atoms with van der Waals surface area (Å²) < 4.78 is 10.7. The SMILES string of the molecule is O=C(OCCOc1ccccc1)c1ccc(C(=O)c2ccccc2)cc1. The van der Waals surface area contributed by atoms with Gasteiger partial charge >= 0.3 is 5.97 Å². The van der Waals surface area contributed by atoms with Gasteiger partial charge in [-0.15, -0.1) is 0 Å². The molecule has 0 unspecified atom stereocenters. The number of hydrogen-bond donors (Lipinski definition) is 0. The van der Waals surface area contributed by atoms with Crippen LogP contribution in [0.2, 0.25) is 0 Å². The minimum absolute atomic E-state index is 0.0817. The van der Waals surface area contributed by atoms with E-state index in [2.05, 4.69) is 0 Å². The Labute approximate surface area is 152 Å². The molecule has 0 bridgehead atoms. The van der Waals surface area contributed by atoms with Crippen LogP contribution in [0.1, 0.15) is 26.3 Å². The largest absolute Gasteiger partial charge is 0.490 e. The number of carbonyl (C=O) groups is 2. The van der Waals surface area contributed by atoms with Crippen molar-refractivity contribution in [3.63, 3.8) is 0 Å². The Hall–Kier alpha value is -3.40. The van der Waals surface area contributed by atoms with Crippen molar-refractivity contribution in [2.75, 3.05) is 13.2 Å². The lowest BCUT2D eigenvalue weighted by molar-refractivity contribution is 0.0450. The molecule has 0 atom stereocenters. The molecule has 3 aromatic carbocycles. The van der Waals surface area contributed by atoms with E-state index in [4.69, 9.17) is 9.47 Å². The van der Waals surface area contributed by atoms with Gasteiger partial charge in [0, 0.05) is 11.1 Å². The molecule has 4 nitrogen and oxygen atoms in total. The second-order valence-electron chi connectivity index (χ2n) is 5.57. The summed E-state index contributed by atoms with van der Waals surface area (Å²) in [7, 11) is 0. The quantitative estimate of drug-likeness (QED) is 0.366. The number of ether oxygens (including phenoxy) is 2. The normalized spacial score (nSPS) is 10.2. The Bertz CT molecular complexity index is 856. The topological polar surface area (TPSA) is 52.6 Å². The van der Waals surface area contributed by atoms with Crippen LogP contribution in [-0.4, -0.2) is 25.0 Å². The van der Waals surface area contributed by atoms with Gasteiger partial charge in [-0.05, 0) is 24.3 Å². The van der Waals surface area contributed by atoms with Crippen LogP contribution >= 0.6 is 0 Å². The minimum atomic E-state index is -0.444. The van der Waals surface area contributed by atoms with Gasteiger partial charge in [0.25, 0.3) is 0 Å². The fraction of sp³-hybridized carbons (Fsp3) is 0.0909. The number of para-hydroxylation sites is 1. The van der Waals surface area contributed by atoms with Crippen LogP contribution in [0.4, 0.5) is 0 Å². The summed E-state index contributed by atoms with van der Waals surface area (Å²) in [4.78, 5) is 24.4.